The molecule has 3 fully saturated rings. The van der Waals surface area contributed by atoms with E-state index >= 15 is 0 Å². The number of anilines is 1. The van der Waals surface area contributed by atoms with Crippen molar-refractivity contribution in [3.05, 3.63) is 18.6 Å². The largest absolute Gasteiger partial charge is 0.444 e. The van der Waals surface area contributed by atoms with Crippen molar-refractivity contribution in [1.82, 2.24) is 24.3 Å². The molecule has 10 heteroatoms. The van der Waals surface area contributed by atoms with Crippen molar-refractivity contribution >= 4 is 28.9 Å². The maximum atomic E-state index is 12.6. The molecule has 10 nitrogen and oxygen atoms in total. The second-order valence-corrected chi connectivity index (χ2v) is 12.4. The number of fused-ring (bicyclic) bond motifs is 1. The highest BCUT2D eigenvalue weighted by Crippen LogP contribution is 2.41. The molecule has 0 aromatic carbocycles. The van der Waals surface area contributed by atoms with Crippen LogP contribution in [0.5, 0.6) is 0 Å². The standard InChI is InChI=1S/C28H42N6O4/c1-19(2)25(35)31-23-21-9-14-34(24(21)30-18-29-23)22-8-7-20(37-22)17-33-13-6-10-28(33)11-15-32(16-12-28)26(36)38-27(3,4)5/h9,14,18-20,22H,6-8,10-13,15-17H2,1-5H3,(H,29,30,31,35). The van der Waals surface area contributed by atoms with Crippen molar-refractivity contribution in [3.63, 3.8) is 0 Å². The van der Waals surface area contributed by atoms with Crippen molar-refractivity contribution in [2.45, 2.75) is 96.6 Å². The molecule has 2 amide bonds. The quantitative estimate of drug-likeness (QED) is 0.609. The summed E-state index contributed by atoms with van der Waals surface area (Å²) in [5.74, 6) is 0.351. The zero-order valence-electron chi connectivity index (χ0n) is 23.4. The van der Waals surface area contributed by atoms with Crippen molar-refractivity contribution in [3.8, 4) is 0 Å². The summed E-state index contributed by atoms with van der Waals surface area (Å²) < 4.78 is 14.2. The van der Waals surface area contributed by atoms with E-state index < -0.39 is 5.60 Å². The Bertz CT molecular complexity index is 1160. The van der Waals surface area contributed by atoms with Crippen LogP contribution < -0.4 is 5.32 Å². The van der Waals surface area contributed by atoms with Crippen LogP contribution in [0.1, 0.15) is 79.4 Å². The number of rotatable bonds is 5. The molecule has 5 heterocycles. The highest BCUT2D eigenvalue weighted by Gasteiger charge is 2.45. The van der Waals surface area contributed by atoms with E-state index in [1.54, 1.807) is 0 Å². The van der Waals surface area contributed by atoms with E-state index in [0.717, 1.165) is 62.9 Å². The van der Waals surface area contributed by atoms with Gasteiger partial charge in [-0.2, -0.15) is 0 Å². The summed E-state index contributed by atoms with van der Waals surface area (Å²) in [7, 11) is 0. The van der Waals surface area contributed by atoms with Gasteiger partial charge in [-0.1, -0.05) is 13.8 Å². The Morgan fingerprint density at radius 1 is 1.16 bits per heavy atom. The number of likely N-dealkylation sites (tertiary alicyclic amines) is 2. The summed E-state index contributed by atoms with van der Waals surface area (Å²) in [6.07, 6.45) is 9.57. The van der Waals surface area contributed by atoms with Crippen molar-refractivity contribution < 1.29 is 19.1 Å². The molecule has 3 saturated heterocycles. The van der Waals surface area contributed by atoms with Gasteiger partial charge in [0, 0.05) is 37.3 Å². The van der Waals surface area contributed by atoms with E-state index in [1.807, 2.05) is 51.8 Å². The summed E-state index contributed by atoms with van der Waals surface area (Å²) in [5.41, 5.74) is 0.455. The normalized spacial score (nSPS) is 24.0. The lowest BCUT2D eigenvalue weighted by Gasteiger charge is -2.45. The Morgan fingerprint density at radius 2 is 1.92 bits per heavy atom. The second-order valence-electron chi connectivity index (χ2n) is 12.4. The molecule has 3 aliphatic rings. The number of aromatic nitrogens is 3. The molecular formula is C28H42N6O4. The Morgan fingerprint density at radius 3 is 2.63 bits per heavy atom. The fourth-order valence-corrected chi connectivity index (χ4v) is 6.11. The Hall–Kier alpha value is -2.72. The second kappa shape index (κ2) is 10.4. The first-order valence-corrected chi connectivity index (χ1v) is 14.1. The van der Waals surface area contributed by atoms with Crippen LogP contribution >= 0.6 is 0 Å². The van der Waals surface area contributed by atoms with Crippen LogP contribution in [0.3, 0.4) is 0 Å². The lowest BCUT2D eigenvalue weighted by Crippen LogP contribution is -2.55. The van der Waals surface area contributed by atoms with E-state index in [1.165, 1.54) is 19.2 Å². The summed E-state index contributed by atoms with van der Waals surface area (Å²) in [6.45, 7) is 12.9. The van der Waals surface area contributed by atoms with Crippen LogP contribution in [0.15, 0.2) is 18.6 Å². The number of amides is 2. The summed E-state index contributed by atoms with van der Waals surface area (Å²) in [4.78, 5) is 38.1. The molecule has 1 N–H and O–H groups in total. The van der Waals surface area contributed by atoms with E-state index in [0.29, 0.717) is 5.82 Å². The molecule has 0 aliphatic carbocycles. The number of nitrogens with one attached hydrogen (secondary N) is 1. The molecule has 2 atom stereocenters. The molecule has 2 unspecified atom stereocenters. The predicted octanol–water partition coefficient (Wildman–Crippen LogP) is 4.57. The van der Waals surface area contributed by atoms with Gasteiger partial charge >= 0.3 is 6.09 Å². The maximum Gasteiger partial charge on any atom is 0.410 e. The van der Waals surface area contributed by atoms with E-state index in [-0.39, 0.29) is 35.8 Å². The Kier molecular flexibility index (Phi) is 7.39. The average molecular weight is 527 g/mol. The van der Waals surface area contributed by atoms with Crippen LogP contribution in [-0.4, -0.2) is 79.8 Å². The van der Waals surface area contributed by atoms with Gasteiger partial charge in [0.25, 0.3) is 0 Å². The number of carbonyl (C=O) groups excluding carboxylic acids is 2. The molecule has 2 aromatic rings. The lowest BCUT2D eigenvalue weighted by atomic mass is 9.85. The number of nitrogens with zero attached hydrogens (tertiary/aromatic N) is 5. The fourth-order valence-electron chi connectivity index (χ4n) is 6.11. The highest BCUT2D eigenvalue weighted by molar-refractivity contribution is 5.99. The zero-order chi connectivity index (χ0) is 27.1. The van der Waals surface area contributed by atoms with Crippen LogP contribution in [0, 0.1) is 5.92 Å². The molecule has 38 heavy (non-hydrogen) atoms. The van der Waals surface area contributed by atoms with Crippen LogP contribution in [0.2, 0.25) is 0 Å². The molecule has 1 spiro atoms. The number of carbonyl (C=O) groups is 2. The van der Waals surface area contributed by atoms with Gasteiger partial charge in [0.1, 0.15) is 29.6 Å². The average Bonchev–Trinajstić information content (AvgIpc) is 3.58. The van der Waals surface area contributed by atoms with Gasteiger partial charge in [-0.05, 0) is 71.9 Å². The smallest absolute Gasteiger partial charge is 0.410 e. The maximum absolute atomic E-state index is 12.6. The summed E-state index contributed by atoms with van der Waals surface area (Å²) in [5, 5.41) is 3.74. The minimum atomic E-state index is -0.470. The van der Waals surface area contributed by atoms with E-state index in [4.69, 9.17) is 9.47 Å². The zero-order valence-corrected chi connectivity index (χ0v) is 23.4. The third-order valence-corrected chi connectivity index (χ3v) is 8.18. The fraction of sp³-hybridized carbons (Fsp3) is 0.714. The number of piperidine rings is 1. The molecule has 0 bridgehead atoms. The first-order valence-electron chi connectivity index (χ1n) is 14.1. The van der Waals surface area contributed by atoms with Crippen LogP contribution in [0.4, 0.5) is 10.6 Å². The minimum absolute atomic E-state index is 0.0635. The first kappa shape index (κ1) is 26.9. The topological polar surface area (TPSA) is 102 Å². The van der Waals surface area contributed by atoms with Gasteiger partial charge < -0.3 is 24.3 Å². The molecule has 5 rings (SSSR count). The van der Waals surface area contributed by atoms with Gasteiger partial charge in [0.2, 0.25) is 5.91 Å². The third-order valence-electron chi connectivity index (χ3n) is 8.18. The molecule has 3 aliphatic heterocycles. The third kappa shape index (κ3) is 5.52. The summed E-state index contributed by atoms with van der Waals surface area (Å²) >= 11 is 0. The van der Waals surface area contributed by atoms with Crippen molar-refractivity contribution in [2.24, 2.45) is 5.92 Å². The first-order chi connectivity index (χ1) is 18.0. The highest BCUT2D eigenvalue weighted by atomic mass is 16.6. The monoisotopic (exact) mass is 526 g/mol. The van der Waals surface area contributed by atoms with Gasteiger partial charge in [-0.15, -0.1) is 0 Å². The Balaban J connectivity index is 1.20. The van der Waals surface area contributed by atoms with E-state index in [9.17, 15) is 9.59 Å². The molecular weight excluding hydrogens is 484 g/mol. The number of hydrogen-bond donors (Lipinski definition) is 1. The van der Waals surface area contributed by atoms with Crippen LogP contribution in [-0.2, 0) is 14.3 Å². The molecule has 0 radical (unpaired) electrons. The molecule has 0 saturated carbocycles. The van der Waals surface area contributed by atoms with Crippen molar-refractivity contribution in [1.29, 1.82) is 0 Å². The van der Waals surface area contributed by atoms with Gasteiger partial charge in [-0.3, -0.25) is 9.69 Å². The van der Waals surface area contributed by atoms with Gasteiger partial charge in [0.05, 0.1) is 11.5 Å². The Labute approximate surface area is 225 Å². The van der Waals surface area contributed by atoms with Crippen LogP contribution in [0.25, 0.3) is 11.0 Å². The molecule has 2 aromatic heterocycles. The van der Waals surface area contributed by atoms with Gasteiger partial charge in [-0.25, -0.2) is 14.8 Å². The SMILES string of the molecule is CC(C)C(=O)Nc1ncnc2c1ccn2C1CCC(CN2CCCC23CCN(C(=O)OC(C)(C)C)CC3)O1. The predicted molar refractivity (Wildman–Crippen MR) is 145 cm³/mol. The number of hydrogen-bond acceptors (Lipinski definition) is 7. The lowest BCUT2D eigenvalue weighted by molar-refractivity contribution is -0.118. The number of ether oxygens (including phenoxy) is 2. The minimum Gasteiger partial charge on any atom is -0.444 e. The molecule has 208 valence electrons. The van der Waals surface area contributed by atoms with E-state index in [2.05, 4.69) is 24.8 Å². The summed E-state index contributed by atoms with van der Waals surface area (Å²) in [6, 6.07) is 1.95. The van der Waals surface area contributed by atoms with Crippen molar-refractivity contribution in [2.75, 3.05) is 31.5 Å². The van der Waals surface area contributed by atoms with Gasteiger partial charge in [0.15, 0.2) is 0 Å².